The standard InChI is InChI=1S/C53H39N5/c1-33-16-8-9-22-37(33)52-54-51(34-17-4-2-5-18-34)55-53(56-52)41-26-14-19-35-30-42-40(50(35)41)25-15-29-47(42)58-46-28-13-11-24-39(46)44-31-48-43(32-49(44)58)38-23-10-12-27-45(38)57(48)36-20-6-3-7-21-36/h2-15,17-24,26-29,31-33,40H,16,25,30H2,1H3. The Morgan fingerprint density at radius 1 is 0.552 bits per heavy atom. The van der Waals surface area contributed by atoms with Gasteiger partial charge in [-0.2, -0.15) is 0 Å². The van der Waals surface area contributed by atoms with Gasteiger partial charge in [-0.25, -0.2) is 15.0 Å². The summed E-state index contributed by atoms with van der Waals surface area (Å²) < 4.78 is 4.96. The zero-order valence-corrected chi connectivity index (χ0v) is 32.2. The minimum Gasteiger partial charge on any atom is -0.309 e. The van der Waals surface area contributed by atoms with Crippen LogP contribution in [0.5, 0.6) is 0 Å². The van der Waals surface area contributed by atoms with Crippen molar-refractivity contribution in [2.75, 3.05) is 0 Å². The van der Waals surface area contributed by atoms with E-state index in [1.807, 2.05) is 6.07 Å². The molecule has 0 bridgehead atoms. The summed E-state index contributed by atoms with van der Waals surface area (Å²) in [4.78, 5) is 15.6. The van der Waals surface area contributed by atoms with E-state index in [4.69, 9.17) is 15.0 Å². The number of allylic oxidation sites excluding steroid dienone is 8. The second kappa shape index (κ2) is 13.0. The largest absolute Gasteiger partial charge is 0.309 e. The Labute approximate surface area is 336 Å². The first kappa shape index (κ1) is 33.1. The van der Waals surface area contributed by atoms with Crippen LogP contribution in [0.4, 0.5) is 0 Å². The molecule has 5 heteroatoms. The van der Waals surface area contributed by atoms with Crippen molar-refractivity contribution >= 4 is 54.9 Å². The van der Waals surface area contributed by atoms with Gasteiger partial charge < -0.3 is 9.13 Å². The van der Waals surface area contributed by atoms with Crippen LogP contribution < -0.4 is 0 Å². The second-order valence-electron chi connectivity index (χ2n) is 15.9. The van der Waals surface area contributed by atoms with Crippen LogP contribution >= 0.6 is 0 Å². The van der Waals surface area contributed by atoms with E-state index >= 15 is 0 Å². The highest BCUT2D eigenvalue weighted by molar-refractivity contribution is 6.19. The molecule has 12 rings (SSSR count). The van der Waals surface area contributed by atoms with Crippen molar-refractivity contribution in [1.29, 1.82) is 0 Å². The van der Waals surface area contributed by atoms with Gasteiger partial charge in [-0.15, -0.1) is 0 Å². The zero-order chi connectivity index (χ0) is 38.3. The fraction of sp³-hybridized carbons (Fsp3) is 0.113. The summed E-state index contributed by atoms with van der Waals surface area (Å²) in [6.45, 7) is 2.26. The molecule has 0 fully saturated rings. The van der Waals surface area contributed by atoms with Crippen LogP contribution in [0.2, 0.25) is 0 Å². The highest BCUT2D eigenvalue weighted by Gasteiger charge is 2.35. The van der Waals surface area contributed by atoms with Crippen molar-refractivity contribution in [3.63, 3.8) is 0 Å². The Kier molecular flexibility index (Phi) is 7.39. The molecule has 3 aliphatic rings. The fourth-order valence-electron chi connectivity index (χ4n) is 9.97. The molecule has 3 heterocycles. The maximum Gasteiger partial charge on any atom is 0.164 e. The lowest BCUT2D eigenvalue weighted by atomic mass is 9.86. The van der Waals surface area contributed by atoms with Gasteiger partial charge in [0.1, 0.15) is 0 Å². The van der Waals surface area contributed by atoms with Gasteiger partial charge in [0.15, 0.2) is 17.5 Å². The van der Waals surface area contributed by atoms with Gasteiger partial charge in [-0.05, 0) is 84.4 Å². The molecular weight excluding hydrogens is 707 g/mol. The van der Waals surface area contributed by atoms with E-state index in [9.17, 15) is 0 Å². The topological polar surface area (TPSA) is 48.5 Å². The number of nitrogens with zero attached hydrogens (tertiary/aromatic N) is 5. The molecule has 0 saturated heterocycles. The minimum atomic E-state index is 0.210. The first-order chi connectivity index (χ1) is 28.7. The van der Waals surface area contributed by atoms with Gasteiger partial charge in [-0.1, -0.05) is 134 Å². The predicted octanol–water partition coefficient (Wildman–Crippen LogP) is 12.9. The quantitative estimate of drug-likeness (QED) is 0.176. The van der Waals surface area contributed by atoms with Gasteiger partial charge in [0.25, 0.3) is 0 Å². The normalized spacial score (nSPS) is 17.4. The number of para-hydroxylation sites is 3. The summed E-state index contributed by atoms with van der Waals surface area (Å²) >= 11 is 0. The van der Waals surface area contributed by atoms with E-state index in [1.165, 1.54) is 71.7 Å². The summed E-state index contributed by atoms with van der Waals surface area (Å²) in [5.74, 6) is 2.76. The minimum absolute atomic E-state index is 0.210. The Bertz CT molecular complexity index is 3270. The van der Waals surface area contributed by atoms with Crippen molar-refractivity contribution in [1.82, 2.24) is 24.1 Å². The SMILES string of the molecule is CC1CC=CC=C1c1nc(-c2ccccc2)nc(-c2cccc3c2C2CC=CC(n4c5ccccc5c5cc6c(cc54)c4ccccc4n6-c4ccccc4)=C2C3)n1. The highest BCUT2D eigenvalue weighted by Crippen LogP contribution is 2.50. The summed E-state index contributed by atoms with van der Waals surface area (Å²) in [6, 6.07) is 50.4. The molecule has 2 unspecified atom stereocenters. The van der Waals surface area contributed by atoms with Crippen LogP contribution in [-0.2, 0) is 6.42 Å². The number of rotatable bonds is 5. The molecule has 0 aliphatic heterocycles. The van der Waals surface area contributed by atoms with Crippen molar-refractivity contribution < 1.29 is 0 Å². The molecule has 276 valence electrons. The number of aromatic nitrogens is 5. The summed E-state index contributed by atoms with van der Waals surface area (Å²) in [5.41, 5.74) is 14.7. The van der Waals surface area contributed by atoms with E-state index in [2.05, 4.69) is 180 Å². The third kappa shape index (κ3) is 4.99. The number of hydrogen-bond acceptors (Lipinski definition) is 3. The maximum absolute atomic E-state index is 5.28. The van der Waals surface area contributed by atoms with Gasteiger partial charge in [-0.3, -0.25) is 0 Å². The summed E-state index contributed by atoms with van der Waals surface area (Å²) in [7, 11) is 0. The second-order valence-corrected chi connectivity index (χ2v) is 15.9. The molecule has 3 aromatic heterocycles. The van der Waals surface area contributed by atoms with E-state index in [0.717, 1.165) is 47.6 Å². The number of fused-ring (bicyclic) bond motifs is 9. The van der Waals surface area contributed by atoms with E-state index in [0.29, 0.717) is 11.7 Å². The van der Waals surface area contributed by atoms with Gasteiger partial charge in [0.05, 0.1) is 22.1 Å². The average molecular weight is 746 g/mol. The first-order valence-electron chi connectivity index (χ1n) is 20.4. The average Bonchev–Trinajstić information content (AvgIpc) is 3.94. The summed E-state index contributed by atoms with van der Waals surface area (Å²) in [6.07, 6.45) is 14.1. The molecule has 0 amide bonds. The first-order valence-corrected chi connectivity index (χ1v) is 20.4. The zero-order valence-electron chi connectivity index (χ0n) is 32.2. The highest BCUT2D eigenvalue weighted by atomic mass is 15.0. The third-order valence-corrected chi connectivity index (χ3v) is 12.6. The summed E-state index contributed by atoms with van der Waals surface area (Å²) in [5, 5.41) is 5.04. The Balaban J connectivity index is 1.06. The molecular formula is C53H39N5. The lowest BCUT2D eigenvalue weighted by Gasteiger charge is -2.23. The van der Waals surface area contributed by atoms with Crippen molar-refractivity contribution in [3.05, 3.63) is 192 Å². The number of benzene rings is 6. The molecule has 0 N–H and O–H groups in total. The molecule has 0 spiro atoms. The monoisotopic (exact) mass is 745 g/mol. The predicted molar refractivity (Wildman–Crippen MR) is 239 cm³/mol. The van der Waals surface area contributed by atoms with Crippen molar-refractivity contribution in [3.8, 4) is 28.5 Å². The van der Waals surface area contributed by atoms with Gasteiger partial charge in [0, 0.05) is 55.5 Å². The van der Waals surface area contributed by atoms with Crippen molar-refractivity contribution in [2.45, 2.75) is 32.1 Å². The smallest absolute Gasteiger partial charge is 0.164 e. The third-order valence-electron chi connectivity index (χ3n) is 12.6. The van der Waals surface area contributed by atoms with Crippen LogP contribution in [0.3, 0.4) is 0 Å². The van der Waals surface area contributed by atoms with Crippen LogP contribution in [0.25, 0.3) is 83.3 Å². The van der Waals surface area contributed by atoms with Crippen LogP contribution in [0.1, 0.15) is 42.6 Å². The molecule has 9 aromatic rings. The van der Waals surface area contributed by atoms with E-state index in [1.54, 1.807) is 0 Å². The molecule has 0 radical (unpaired) electrons. The molecule has 5 nitrogen and oxygen atoms in total. The van der Waals surface area contributed by atoms with Crippen molar-refractivity contribution in [2.24, 2.45) is 5.92 Å². The molecule has 58 heavy (non-hydrogen) atoms. The lowest BCUT2D eigenvalue weighted by molar-refractivity contribution is 0.747. The van der Waals surface area contributed by atoms with Crippen LogP contribution in [0.15, 0.2) is 175 Å². The Morgan fingerprint density at radius 3 is 1.97 bits per heavy atom. The molecule has 6 aromatic carbocycles. The van der Waals surface area contributed by atoms with Crippen LogP contribution in [0, 0.1) is 5.92 Å². The van der Waals surface area contributed by atoms with E-state index < -0.39 is 0 Å². The molecule has 0 saturated carbocycles. The maximum atomic E-state index is 5.28. The van der Waals surface area contributed by atoms with E-state index in [-0.39, 0.29) is 5.92 Å². The molecule has 3 aliphatic carbocycles. The van der Waals surface area contributed by atoms with Gasteiger partial charge in [0.2, 0.25) is 0 Å². The fourth-order valence-corrected chi connectivity index (χ4v) is 9.97. The van der Waals surface area contributed by atoms with Crippen LogP contribution in [-0.4, -0.2) is 24.1 Å². The molecule has 2 atom stereocenters. The Hall–Kier alpha value is -7.11. The van der Waals surface area contributed by atoms with Gasteiger partial charge >= 0.3 is 0 Å². The number of hydrogen-bond donors (Lipinski definition) is 0. The lowest BCUT2D eigenvalue weighted by Crippen LogP contribution is -2.10. The Morgan fingerprint density at radius 2 is 1.21 bits per heavy atom.